The average molecular weight is 503 g/mol. The highest BCUT2D eigenvalue weighted by Gasteiger charge is 2.69. The standard InChI is InChI=1S/C28H34N6O3/c1-27(2,3)23(32-24(35)15-10-11-15)26(37)34-14-18-20(28(18,4)5)22(34)25(36)31-19(12-29)21-17-9-7-6-8-16(17)13-30-33-21/h6-9,13,15,18-20,22-23H,10-11,14H2,1-5H3,(H,31,36)(H,32,35)/t18-,19?,20-,22-,23+/m0/s1. The monoisotopic (exact) mass is 502 g/mol. The van der Waals surface area contributed by atoms with Gasteiger partial charge < -0.3 is 15.5 Å². The molecule has 37 heavy (non-hydrogen) atoms. The molecule has 2 heterocycles. The van der Waals surface area contributed by atoms with Crippen molar-refractivity contribution in [1.29, 1.82) is 5.26 Å². The van der Waals surface area contributed by atoms with Crippen molar-refractivity contribution < 1.29 is 14.4 Å². The normalized spacial score (nSPS) is 25.5. The Morgan fingerprint density at radius 3 is 2.49 bits per heavy atom. The number of hydrogen-bond acceptors (Lipinski definition) is 6. The second-order valence-electron chi connectivity index (χ2n) is 12.4. The Morgan fingerprint density at radius 2 is 1.84 bits per heavy atom. The van der Waals surface area contributed by atoms with Gasteiger partial charge in [-0.1, -0.05) is 58.9 Å². The fourth-order valence-electron chi connectivity index (χ4n) is 5.89. The molecule has 2 N–H and O–H groups in total. The van der Waals surface area contributed by atoms with E-state index >= 15 is 0 Å². The van der Waals surface area contributed by atoms with Crippen LogP contribution >= 0.6 is 0 Å². The molecule has 5 rings (SSSR count). The van der Waals surface area contributed by atoms with Gasteiger partial charge in [0, 0.05) is 23.2 Å². The Morgan fingerprint density at radius 1 is 1.14 bits per heavy atom. The molecule has 3 fully saturated rings. The van der Waals surface area contributed by atoms with E-state index in [1.807, 2.05) is 45.0 Å². The third kappa shape index (κ3) is 4.43. The third-order valence-corrected chi connectivity index (χ3v) is 8.40. The lowest BCUT2D eigenvalue weighted by atomic mass is 9.85. The van der Waals surface area contributed by atoms with Gasteiger partial charge in [0.05, 0.1) is 12.3 Å². The molecule has 1 aromatic carbocycles. The Bertz CT molecular complexity index is 1300. The van der Waals surface area contributed by atoms with E-state index in [1.54, 1.807) is 11.1 Å². The van der Waals surface area contributed by atoms with Crippen molar-refractivity contribution in [2.24, 2.45) is 28.6 Å². The fourth-order valence-corrected chi connectivity index (χ4v) is 5.89. The van der Waals surface area contributed by atoms with Gasteiger partial charge in [0.15, 0.2) is 6.04 Å². The summed E-state index contributed by atoms with van der Waals surface area (Å²) >= 11 is 0. The van der Waals surface area contributed by atoms with E-state index in [0.29, 0.717) is 12.2 Å². The van der Waals surface area contributed by atoms with Gasteiger partial charge in [0.25, 0.3) is 0 Å². The van der Waals surface area contributed by atoms with Crippen LogP contribution in [-0.2, 0) is 14.4 Å². The molecule has 2 saturated carbocycles. The van der Waals surface area contributed by atoms with Crippen molar-refractivity contribution in [1.82, 2.24) is 25.7 Å². The van der Waals surface area contributed by atoms with Gasteiger partial charge in [-0.2, -0.15) is 15.5 Å². The predicted molar refractivity (Wildman–Crippen MR) is 136 cm³/mol. The smallest absolute Gasteiger partial charge is 0.246 e. The minimum Gasteiger partial charge on any atom is -0.344 e. The minimum absolute atomic E-state index is 0.0193. The number of nitrogens with zero attached hydrogens (tertiary/aromatic N) is 4. The molecule has 1 aromatic heterocycles. The number of nitriles is 1. The van der Waals surface area contributed by atoms with Crippen LogP contribution in [0.5, 0.6) is 0 Å². The van der Waals surface area contributed by atoms with Crippen LogP contribution in [0.3, 0.4) is 0 Å². The van der Waals surface area contributed by atoms with Crippen molar-refractivity contribution >= 4 is 28.5 Å². The van der Waals surface area contributed by atoms with E-state index in [2.05, 4.69) is 40.7 Å². The Labute approximate surface area is 217 Å². The number of aromatic nitrogens is 2. The summed E-state index contributed by atoms with van der Waals surface area (Å²) < 4.78 is 0. The summed E-state index contributed by atoms with van der Waals surface area (Å²) in [5.41, 5.74) is -0.242. The van der Waals surface area contributed by atoms with Gasteiger partial charge in [-0.05, 0) is 35.5 Å². The Kier molecular flexibility index (Phi) is 5.97. The highest BCUT2D eigenvalue weighted by atomic mass is 16.2. The molecule has 0 radical (unpaired) electrons. The minimum atomic E-state index is -1.02. The second kappa shape index (κ2) is 8.79. The van der Waals surface area contributed by atoms with Crippen molar-refractivity contribution in [3.8, 4) is 6.07 Å². The van der Waals surface area contributed by atoms with Crippen LogP contribution in [0, 0.1) is 39.9 Å². The molecule has 0 spiro atoms. The number of benzene rings is 1. The van der Waals surface area contributed by atoms with Crippen LogP contribution in [0.15, 0.2) is 30.5 Å². The largest absolute Gasteiger partial charge is 0.344 e. The summed E-state index contributed by atoms with van der Waals surface area (Å²) in [5, 5.41) is 25.6. The van der Waals surface area contributed by atoms with Crippen LogP contribution in [0.2, 0.25) is 0 Å². The molecule has 5 atom stereocenters. The first kappa shape index (κ1) is 25.1. The maximum atomic E-state index is 13.9. The first-order chi connectivity index (χ1) is 17.4. The van der Waals surface area contributed by atoms with E-state index < -0.39 is 23.5 Å². The maximum Gasteiger partial charge on any atom is 0.246 e. The lowest BCUT2D eigenvalue weighted by Crippen LogP contribution is -2.59. The molecule has 1 aliphatic heterocycles. The van der Waals surface area contributed by atoms with E-state index in [0.717, 1.165) is 23.6 Å². The van der Waals surface area contributed by atoms with Gasteiger partial charge in [-0.25, -0.2) is 0 Å². The van der Waals surface area contributed by atoms with Gasteiger partial charge in [-0.3, -0.25) is 14.4 Å². The molecule has 1 unspecified atom stereocenters. The van der Waals surface area contributed by atoms with Crippen molar-refractivity contribution in [2.45, 2.75) is 65.6 Å². The second-order valence-corrected chi connectivity index (χ2v) is 12.4. The summed E-state index contributed by atoms with van der Waals surface area (Å²) in [5.74, 6) is -0.588. The number of hydrogen-bond donors (Lipinski definition) is 2. The number of carbonyl (C=O) groups excluding carboxylic acids is 3. The SMILES string of the molecule is CC(C)(C)[C@H](NC(=O)C1CC1)C(=O)N1C[C@H]2[C@@H]([C@H]1C(=O)NC(C#N)c1nncc3ccccc13)C2(C)C. The molecule has 2 aromatic rings. The van der Waals surface area contributed by atoms with Crippen LogP contribution in [-0.4, -0.2) is 51.4 Å². The molecule has 2 aliphatic carbocycles. The Hall–Kier alpha value is -3.54. The maximum absolute atomic E-state index is 13.9. The van der Waals surface area contributed by atoms with E-state index in [-0.39, 0.29) is 40.9 Å². The van der Waals surface area contributed by atoms with Crippen molar-refractivity contribution in [3.05, 3.63) is 36.2 Å². The number of nitrogens with one attached hydrogen (secondary N) is 2. The average Bonchev–Trinajstić information content (AvgIpc) is 3.73. The van der Waals surface area contributed by atoms with Crippen LogP contribution in [0.25, 0.3) is 10.8 Å². The van der Waals surface area contributed by atoms with Gasteiger partial charge in [0.2, 0.25) is 17.7 Å². The number of fused-ring (bicyclic) bond motifs is 2. The summed E-state index contributed by atoms with van der Waals surface area (Å²) in [6, 6.07) is 7.11. The Balaban J connectivity index is 1.41. The summed E-state index contributed by atoms with van der Waals surface area (Å²) in [6.07, 6.45) is 3.31. The molecule has 9 nitrogen and oxygen atoms in total. The number of amides is 3. The zero-order valence-corrected chi connectivity index (χ0v) is 22.0. The molecular formula is C28H34N6O3. The summed E-state index contributed by atoms with van der Waals surface area (Å²) in [4.78, 5) is 41.9. The van der Waals surface area contributed by atoms with Gasteiger partial charge in [0.1, 0.15) is 17.8 Å². The fraction of sp³-hybridized carbons (Fsp3) is 0.571. The van der Waals surface area contributed by atoms with Gasteiger partial charge in [-0.15, -0.1) is 0 Å². The zero-order chi connectivity index (χ0) is 26.7. The number of carbonyl (C=O) groups is 3. The summed E-state index contributed by atoms with van der Waals surface area (Å²) in [7, 11) is 0. The molecule has 9 heteroatoms. The topological polar surface area (TPSA) is 128 Å². The molecule has 0 bridgehead atoms. The molecule has 194 valence electrons. The van der Waals surface area contributed by atoms with Crippen molar-refractivity contribution in [2.75, 3.05) is 6.54 Å². The zero-order valence-electron chi connectivity index (χ0n) is 22.0. The van der Waals surface area contributed by atoms with Crippen LogP contribution in [0.1, 0.15) is 59.2 Å². The van der Waals surface area contributed by atoms with E-state index in [1.165, 1.54) is 0 Å². The molecule has 1 saturated heterocycles. The molecule has 3 amide bonds. The number of likely N-dealkylation sites (tertiary alicyclic amines) is 1. The van der Waals surface area contributed by atoms with E-state index in [4.69, 9.17) is 0 Å². The third-order valence-electron chi connectivity index (χ3n) is 8.40. The number of piperidine rings is 1. The van der Waals surface area contributed by atoms with Crippen LogP contribution < -0.4 is 10.6 Å². The van der Waals surface area contributed by atoms with Crippen molar-refractivity contribution in [3.63, 3.8) is 0 Å². The predicted octanol–water partition coefficient (Wildman–Crippen LogP) is 2.73. The highest BCUT2D eigenvalue weighted by molar-refractivity contribution is 5.95. The number of rotatable bonds is 6. The molecule has 3 aliphatic rings. The highest BCUT2D eigenvalue weighted by Crippen LogP contribution is 2.65. The quantitative estimate of drug-likeness (QED) is 0.625. The first-order valence-electron chi connectivity index (χ1n) is 13.0. The lowest BCUT2D eigenvalue weighted by molar-refractivity contribution is -0.145. The lowest BCUT2D eigenvalue weighted by Gasteiger charge is -2.37. The van der Waals surface area contributed by atoms with Gasteiger partial charge >= 0.3 is 0 Å². The first-order valence-corrected chi connectivity index (χ1v) is 13.0. The molecular weight excluding hydrogens is 468 g/mol. The van der Waals surface area contributed by atoms with Crippen LogP contribution in [0.4, 0.5) is 0 Å². The summed E-state index contributed by atoms with van der Waals surface area (Å²) in [6.45, 7) is 10.4. The van der Waals surface area contributed by atoms with E-state index in [9.17, 15) is 19.6 Å².